The highest BCUT2D eigenvalue weighted by molar-refractivity contribution is 6.08. The van der Waals surface area contributed by atoms with Crippen molar-refractivity contribution in [3.63, 3.8) is 0 Å². The van der Waals surface area contributed by atoms with Crippen LogP contribution >= 0.6 is 0 Å². The summed E-state index contributed by atoms with van der Waals surface area (Å²) in [6.07, 6.45) is 1.53. The predicted molar refractivity (Wildman–Crippen MR) is 82.3 cm³/mol. The van der Waals surface area contributed by atoms with Crippen LogP contribution in [0.4, 0.5) is 5.69 Å². The van der Waals surface area contributed by atoms with Crippen molar-refractivity contribution in [2.45, 2.75) is 0 Å². The van der Waals surface area contributed by atoms with Gasteiger partial charge in [0.1, 0.15) is 0 Å². The van der Waals surface area contributed by atoms with Gasteiger partial charge in [0.05, 0.1) is 18.4 Å². The lowest BCUT2D eigenvalue weighted by Crippen LogP contribution is -2.21. The molecule has 0 aliphatic rings. The molecule has 23 heavy (non-hydrogen) atoms. The number of rotatable bonds is 4. The number of benzene rings is 1. The van der Waals surface area contributed by atoms with E-state index in [-0.39, 0.29) is 5.69 Å². The summed E-state index contributed by atoms with van der Waals surface area (Å²) in [4.78, 5) is 35.3. The highest BCUT2D eigenvalue weighted by atomic mass is 16.5. The molecule has 0 saturated heterocycles. The van der Waals surface area contributed by atoms with Gasteiger partial charge in [-0.1, -0.05) is 0 Å². The van der Waals surface area contributed by atoms with Gasteiger partial charge in [0.25, 0.3) is 11.8 Å². The Labute approximate surface area is 132 Å². The number of aromatic nitrogens is 2. The van der Waals surface area contributed by atoms with E-state index in [2.05, 4.69) is 20.5 Å². The molecule has 1 heterocycles. The fraction of sp³-hybridized carbons (Fsp3) is 0.200. The number of ether oxygens (including phenoxy) is 1. The molecule has 2 rings (SSSR count). The number of carbonyl (C=O) groups excluding carboxylic acids is 3. The summed E-state index contributed by atoms with van der Waals surface area (Å²) in [5, 5.41) is 9.09. The third-order valence-electron chi connectivity index (χ3n) is 3.09. The minimum Gasteiger partial charge on any atom is -0.465 e. The molecule has 0 spiro atoms. The van der Waals surface area contributed by atoms with E-state index in [1.807, 2.05) is 0 Å². The van der Waals surface area contributed by atoms with Crippen LogP contribution in [0.25, 0.3) is 0 Å². The number of hydrogen-bond donors (Lipinski definition) is 2. The fourth-order valence-corrected chi connectivity index (χ4v) is 1.94. The van der Waals surface area contributed by atoms with E-state index < -0.39 is 17.8 Å². The second-order valence-corrected chi connectivity index (χ2v) is 4.67. The van der Waals surface area contributed by atoms with Crippen molar-refractivity contribution < 1.29 is 19.1 Å². The molecule has 0 atom stereocenters. The Morgan fingerprint density at radius 3 is 2.26 bits per heavy atom. The van der Waals surface area contributed by atoms with Crippen molar-refractivity contribution in [2.75, 3.05) is 19.5 Å². The summed E-state index contributed by atoms with van der Waals surface area (Å²) >= 11 is 0. The molecule has 0 bridgehead atoms. The Morgan fingerprint density at radius 2 is 1.70 bits per heavy atom. The molecule has 2 N–H and O–H groups in total. The van der Waals surface area contributed by atoms with Gasteiger partial charge in [0, 0.05) is 25.9 Å². The number of nitrogens with one attached hydrogen (secondary N) is 2. The molecule has 120 valence electrons. The van der Waals surface area contributed by atoms with Gasteiger partial charge in [0.2, 0.25) is 0 Å². The average molecular weight is 316 g/mol. The Morgan fingerprint density at radius 1 is 1.09 bits per heavy atom. The smallest absolute Gasteiger partial charge is 0.337 e. The zero-order chi connectivity index (χ0) is 17.0. The number of nitrogens with zero attached hydrogens (tertiary/aromatic N) is 2. The zero-order valence-corrected chi connectivity index (χ0v) is 12.9. The molecule has 0 unspecified atom stereocenters. The summed E-state index contributed by atoms with van der Waals surface area (Å²) in [6.45, 7) is 0. The van der Waals surface area contributed by atoms with Crippen LogP contribution in [0.5, 0.6) is 0 Å². The summed E-state index contributed by atoms with van der Waals surface area (Å²) < 4.78 is 6.03. The van der Waals surface area contributed by atoms with Gasteiger partial charge in [0.15, 0.2) is 5.69 Å². The first-order chi connectivity index (χ1) is 11.0. The quantitative estimate of drug-likeness (QED) is 0.813. The molecule has 1 aromatic carbocycles. The number of esters is 1. The van der Waals surface area contributed by atoms with Gasteiger partial charge in [-0.15, -0.1) is 0 Å². The Bertz CT molecular complexity index is 749. The van der Waals surface area contributed by atoms with Crippen LogP contribution in [0.3, 0.4) is 0 Å². The third-order valence-corrected chi connectivity index (χ3v) is 3.09. The molecule has 8 nitrogen and oxygen atoms in total. The van der Waals surface area contributed by atoms with E-state index in [0.717, 1.165) is 0 Å². The van der Waals surface area contributed by atoms with Crippen molar-refractivity contribution in [2.24, 2.45) is 7.05 Å². The molecule has 0 aliphatic carbocycles. The molecule has 0 aliphatic heterocycles. The second-order valence-electron chi connectivity index (χ2n) is 4.67. The maximum absolute atomic E-state index is 12.2. The van der Waals surface area contributed by atoms with Crippen LogP contribution in [0.15, 0.2) is 30.5 Å². The minimum absolute atomic E-state index is 0.120. The number of hydrogen-bond acceptors (Lipinski definition) is 5. The van der Waals surface area contributed by atoms with Gasteiger partial charge in [-0.2, -0.15) is 5.10 Å². The van der Waals surface area contributed by atoms with Crippen molar-refractivity contribution in [3.05, 3.63) is 47.3 Å². The fourth-order valence-electron chi connectivity index (χ4n) is 1.94. The third kappa shape index (κ3) is 3.54. The lowest BCUT2D eigenvalue weighted by Gasteiger charge is -2.05. The normalized spacial score (nSPS) is 10.0. The monoisotopic (exact) mass is 316 g/mol. The number of carbonyl (C=O) groups is 3. The van der Waals surface area contributed by atoms with Crippen LogP contribution in [0.1, 0.15) is 31.2 Å². The molecule has 2 amide bonds. The highest BCUT2D eigenvalue weighted by Crippen LogP contribution is 2.15. The highest BCUT2D eigenvalue weighted by Gasteiger charge is 2.17. The molecule has 0 saturated carbocycles. The maximum atomic E-state index is 12.2. The van der Waals surface area contributed by atoms with E-state index in [0.29, 0.717) is 16.8 Å². The van der Waals surface area contributed by atoms with Gasteiger partial charge < -0.3 is 15.4 Å². The van der Waals surface area contributed by atoms with Gasteiger partial charge in [-0.25, -0.2) is 4.79 Å². The summed E-state index contributed by atoms with van der Waals surface area (Å²) in [5.74, 6) is -1.30. The second kappa shape index (κ2) is 6.73. The molecule has 8 heteroatoms. The van der Waals surface area contributed by atoms with Crippen LogP contribution < -0.4 is 10.6 Å². The standard InChI is InChI=1S/C15H16N4O4/c1-16-14(21)12-11(8-19(2)18-12)17-13(20)9-4-6-10(7-5-9)15(22)23-3/h4-8H,1-3H3,(H,16,21)(H,17,20). The SMILES string of the molecule is CNC(=O)c1nn(C)cc1NC(=O)c1ccc(C(=O)OC)cc1. The van der Waals surface area contributed by atoms with Crippen LogP contribution in [0.2, 0.25) is 0 Å². The van der Waals surface area contributed by atoms with Gasteiger partial charge in [-0.05, 0) is 24.3 Å². The first-order valence-electron chi connectivity index (χ1n) is 6.71. The number of amides is 2. The largest absolute Gasteiger partial charge is 0.465 e. The van der Waals surface area contributed by atoms with Crippen LogP contribution in [-0.4, -0.2) is 41.7 Å². The topological polar surface area (TPSA) is 102 Å². The molecule has 0 fully saturated rings. The van der Waals surface area contributed by atoms with E-state index >= 15 is 0 Å². The lowest BCUT2D eigenvalue weighted by molar-refractivity contribution is 0.0600. The van der Waals surface area contributed by atoms with Crippen molar-refractivity contribution in [3.8, 4) is 0 Å². The number of anilines is 1. The van der Waals surface area contributed by atoms with Crippen LogP contribution in [-0.2, 0) is 11.8 Å². The van der Waals surface area contributed by atoms with Crippen molar-refractivity contribution in [1.29, 1.82) is 0 Å². The summed E-state index contributed by atoms with van der Waals surface area (Å²) in [7, 11) is 4.41. The Kier molecular flexibility index (Phi) is 4.75. The Balaban J connectivity index is 2.19. The Hall–Kier alpha value is -3.16. The first kappa shape index (κ1) is 16.2. The zero-order valence-electron chi connectivity index (χ0n) is 12.9. The van der Waals surface area contributed by atoms with E-state index in [1.54, 1.807) is 7.05 Å². The average Bonchev–Trinajstić information content (AvgIpc) is 2.93. The molecule has 0 radical (unpaired) electrons. The maximum Gasteiger partial charge on any atom is 0.337 e. The van der Waals surface area contributed by atoms with Crippen LogP contribution in [0, 0.1) is 0 Å². The van der Waals surface area contributed by atoms with Crippen molar-refractivity contribution >= 4 is 23.5 Å². The molecule has 1 aromatic heterocycles. The van der Waals surface area contributed by atoms with Crippen molar-refractivity contribution in [1.82, 2.24) is 15.1 Å². The van der Waals surface area contributed by atoms with E-state index in [9.17, 15) is 14.4 Å². The van der Waals surface area contributed by atoms with Gasteiger partial charge >= 0.3 is 5.97 Å². The summed E-state index contributed by atoms with van der Waals surface area (Å²) in [6, 6.07) is 5.97. The molecular weight excluding hydrogens is 300 g/mol. The first-order valence-corrected chi connectivity index (χ1v) is 6.71. The molecule has 2 aromatic rings. The predicted octanol–water partition coefficient (Wildman–Crippen LogP) is 0.819. The van der Waals surface area contributed by atoms with Gasteiger partial charge in [-0.3, -0.25) is 14.3 Å². The van der Waals surface area contributed by atoms with E-state index in [4.69, 9.17) is 0 Å². The van der Waals surface area contributed by atoms with E-state index in [1.165, 1.54) is 49.3 Å². The summed E-state index contributed by atoms with van der Waals surface area (Å²) in [5.41, 5.74) is 1.10. The number of aryl methyl sites for hydroxylation is 1. The minimum atomic E-state index is -0.480. The lowest BCUT2D eigenvalue weighted by atomic mass is 10.1. The molecular formula is C15H16N4O4. The number of methoxy groups -OCH3 is 1.